The summed E-state index contributed by atoms with van der Waals surface area (Å²) in [6.07, 6.45) is 4.06. The smallest absolute Gasteiger partial charge is 0.0955 e. The van der Waals surface area contributed by atoms with Crippen LogP contribution in [0.15, 0.2) is 24.5 Å². The average Bonchev–Trinajstić information content (AvgIpc) is 2.71. The van der Waals surface area contributed by atoms with Gasteiger partial charge in [-0.1, -0.05) is 0 Å². The fourth-order valence-electron chi connectivity index (χ4n) is 1.98. The Hall–Kier alpha value is -1.55. The molecular weight excluding hydrogens is 212 g/mol. The van der Waals surface area contributed by atoms with Crippen LogP contribution in [0.25, 0.3) is 11.0 Å². The molecule has 4 nitrogen and oxygen atoms in total. The Morgan fingerprint density at radius 2 is 2.18 bits per heavy atom. The second kappa shape index (κ2) is 5.19. The third-order valence-corrected chi connectivity index (χ3v) is 3.10. The van der Waals surface area contributed by atoms with Crippen molar-refractivity contribution in [3.63, 3.8) is 0 Å². The van der Waals surface area contributed by atoms with Crippen LogP contribution in [0.3, 0.4) is 0 Å². The van der Waals surface area contributed by atoms with E-state index < -0.39 is 0 Å². The molecule has 0 fully saturated rings. The van der Waals surface area contributed by atoms with Crippen LogP contribution in [0.1, 0.15) is 12.8 Å². The molecule has 0 radical (unpaired) electrons. The normalized spacial score (nSPS) is 11.0. The molecule has 0 aliphatic rings. The van der Waals surface area contributed by atoms with Crippen molar-refractivity contribution >= 4 is 16.7 Å². The number of nitrogens with zero attached hydrogens (tertiary/aromatic N) is 3. The van der Waals surface area contributed by atoms with Crippen molar-refractivity contribution < 1.29 is 0 Å². The summed E-state index contributed by atoms with van der Waals surface area (Å²) in [6.45, 7) is 1.81. The lowest BCUT2D eigenvalue weighted by Crippen LogP contribution is -2.19. The summed E-state index contributed by atoms with van der Waals surface area (Å²) in [6, 6.07) is 6.40. The van der Waals surface area contributed by atoms with E-state index in [9.17, 15) is 0 Å². The first kappa shape index (κ1) is 11.9. The van der Waals surface area contributed by atoms with Crippen LogP contribution < -0.4 is 10.6 Å². The lowest BCUT2D eigenvalue weighted by Gasteiger charge is -2.19. The van der Waals surface area contributed by atoms with Gasteiger partial charge in [0.15, 0.2) is 0 Å². The van der Waals surface area contributed by atoms with Crippen molar-refractivity contribution in [1.82, 2.24) is 9.55 Å². The van der Waals surface area contributed by atoms with E-state index in [1.54, 1.807) is 0 Å². The summed E-state index contributed by atoms with van der Waals surface area (Å²) < 4.78 is 2.04. The second-order valence-electron chi connectivity index (χ2n) is 4.45. The number of hydrogen-bond acceptors (Lipinski definition) is 3. The van der Waals surface area contributed by atoms with Gasteiger partial charge in [-0.25, -0.2) is 4.98 Å². The van der Waals surface area contributed by atoms with Crippen molar-refractivity contribution in [3.8, 4) is 0 Å². The van der Waals surface area contributed by atoms with Crippen LogP contribution >= 0.6 is 0 Å². The van der Waals surface area contributed by atoms with Gasteiger partial charge in [0.25, 0.3) is 0 Å². The molecule has 2 rings (SSSR count). The van der Waals surface area contributed by atoms with Gasteiger partial charge >= 0.3 is 0 Å². The zero-order chi connectivity index (χ0) is 12.3. The first-order chi connectivity index (χ1) is 8.22. The van der Waals surface area contributed by atoms with Gasteiger partial charge in [-0.3, -0.25) is 0 Å². The Balaban J connectivity index is 2.12. The molecule has 2 aromatic rings. The van der Waals surface area contributed by atoms with E-state index in [-0.39, 0.29) is 0 Å². The van der Waals surface area contributed by atoms with E-state index >= 15 is 0 Å². The summed E-state index contributed by atoms with van der Waals surface area (Å²) in [5.74, 6) is 0. The third kappa shape index (κ3) is 2.58. The highest BCUT2D eigenvalue weighted by atomic mass is 15.1. The zero-order valence-electron chi connectivity index (χ0n) is 10.6. The lowest BCUT2D eigenvalue weighted by atomic mass is 10.2. The molecule has 0 spiro atoms. The number of anilines is 1. The summed E-state index contributed by atoms with van der Waals surface area (Å²) in [5.41, 5.74) is 8.94. The van der Waals surface area contributed by atoms with E-state index in [4.69, 9.17) is 5.73 Å². The Bertz CT molecular complexity index is 489. The van der Waals surface area contributed by atoms with E-state index in [0.29, 0.717) is 0 Å². The summed E-state index contributed by atoms with van der Waals surface area (Å²) in [7, 11) is 4.13. The molecule has 0 aliphatic heterocycles. The molecule has 1 aromatic heterocycles. The first-order valence-electron chi connectivity index (χ1n) is 6.04. The van der Waals surface area contributed by atoms with Gasteiger partial charge in [0.1, 0.15) is 0 Å². The molecule has 0 saturated carbocycles. The maximum atomic E-state index is 5.50. The molecule has 0 saturated heterocycles. The van der Waals surface area contributed by atoms with Crippen LogP contribution in [-0.4, -0.2) is 29.7 Å². The molecule has 2 N–H and O–H groups in total. The van der Waals surface area contributed by atoms with E-state index in [1.165, 1.54) is 11.2 Å². The molecule has 0 unspecified atom stereocenters. The molecular formula is C13H20N4. The van der Waals surface area contributed by atoms with Crippen LogP contribution in [0.4, 0.5) is 5.69 Å². The van der Waals surface area contributed by atoms with E-state index in [2.05, 4.69) is 35.1 Å². The number of benzene rings is 1. The number of hydrogen-bond donors (Lipinski definition) is 1. The third-order valence-electron chi connectivity index (χ3n) is 3.10. The number of imidazole rings is 1. The van der Waals surface area contributed by atoms with Crippen LogP contribution in [0.5, 0.6) is 0 Å². The Morgan fingerprint density at radius 3 is 2.94 bits per heavy atom. The van der Waals surface area contributed by atoms with Crippen LogP contribution in [0, 0.1) is 0 Å². The van der Waals surface area contributed by atoms with Crippen molar-refractivity contribution in [1.29, 1.82) is 0 Å². The second-order valence-corrected chi connectivity index (χ2v) is 4.45. The van der Waals surface area contributed by atoms with Gasteiger partial charge in [0, 0.05) is 26.3 Å². The maximum Gasteiger partial charge on any atom is 0.0955 e. The fraction of sp³-hybridized carbons (Fsp3) is 0.462. The summed E-state index contributed by atoms with van der Waals surface area (Å²) in [4.78, 5) is 6.63. The number of aryl methyl sites for hydroxylation is 1. The van der Waals surface area contributed by atoms with Gasteiger partial charge in [-0.05, 0) is 37.6 Å². The number of fused-ring (bicyclic) bond motifs is 1. The Morgan fingerprint density at radius 1 is 1.35 bits per heavy atom. The standard InChI is InChI=1S/C13H20N4/c1-16(8-4-3-7-14)11-5-6-13-12(9-11)15-10-17(13)2/h5-6,9-10H,3-4,7-8,14H2,1-2H3. The van der Waals surface area contributed by atoms with Gasteiger partial charge < -0.3 is 15.2 Å². The topological polar surface area (TPSA) is 47.1 Å². The van der Waals surface area contributed by atoms with Crippen molar-refractivity contribution in [3.05, 3.63) is 24.5 Å². The quantitative estimate of drug-likeness (QED) is 0.799. The number of nitrogens with two attached hydrogens (primary N) is 1. The van der Waals surface area contributed by atoms with Crippen LogP contribution in [0.2, 0.25) is 0 Å². The maximum absolute atomic E-state index is 5.50. The molecule has 0 amide bonds. The molecule has 0 aliphatic carbocycles. The fourth-order valence-corrected chi connectivity index (χ4v) is 1.98. The molecule has 92 valence electrons. The molecule has 1 heterocycles. The summed E-state index contributed by atoms with van der Waals surface area (Å²) >= 11 is 0. The molecule has 0 atom stereocenters. The lowest BCUT2D eigenvalue weighted by molar-refractivity contribution is 0.728. The van der Waals surface area contributed by atoms with Gasteiger partial charge in [-0.2, -0.15) is 0 Å². The summed E-state index contributed by atoms with van der Waals surface area (Å²) in [5, 5.41) is 0. The highest BCUT2D eigenvalue weighted by Crippen LogP contribution is 2.20. The molecule has 1 aromatic carbocycles. The number of aromatic nitrogens is 2. The zero-order valence-corrected chi connectivity index (χ0v) is 10.6. The average molecular weight is 232 g/mol. The molecule has 0 bridgehead atoms. The van der Waals surface area contributed by atoms with Crippen molar-refractivity contribution in [2.45, 2.75) is 12.8 Å². The largest absolute Gasteiger partial charge is 0.375 e. The Labute approximate surface area is 102 Å². The predicted molar refractivity (Wildman–Crippen MR) is 72.3 cm³/mol. The van der Waals surface area contributed by atoms with Gasteiger partial charge in [-0.15, -0.1) is 0 Å². The predicted octanol–water partition coefficient (Wildman–Crippen LogP) is 1.75. The minimum Gasteiger partial charge on any atom is -0.375 e. The van der Waals surface area contributed by atoms with E-state index in [1.807, 2.05) is 17.9 Å². The molecule has 4 heteroatoms. The number of rotatable bonds is 5. The monoisotopic (exact) mass is 232 g/mol. The van der Waals surface area contributed by atoms with Crippen molar-refractivity contribution in [2.24, 2.45) is 12.8 Å². The van der Waals surface area contributed by atoms with E-state index in [0.717, 1.165) is 31.4 Å². The van der Waals surface area contributed by atoms with Gasteiger partial charge in [0.05, 0.1) is 17.4 Å². The molecule has 17 heavy (non-hydrogen) atoms. The highest BCUT2D eigenvalue weighted by molar-refractivity contribution is 5.79. The first-order valence-corrected chi connectivity index (χ1v) is 6.04. The minimum atomic E-state index is 0.771. The minimum absolute atomic E-state index is 0.771. The van der Waals surface area contributed by atoms with Crippen LogP contribution in [-0.2, 0) is 7.05 Å². The highest BCUT2D eigenvalue weighted by Gasteiger charge is 2.04. The van der Waals surface area contributed by atoms with Crippen molar-refractivity contribution in [2.75, 3.05) is 25.0 Å². The number of unbranched alkanes of at least 4 members (excludes halogenated alkanes) is 1. The SMILES string of the molecule is CN(CCCCN)c1ccc2c(c1)ncn2C. The van der Waals surface area contributed by atoms with Gasteiger partial charge in [0.2, 0.25) is 0 Å². The Kier molecular flexibility index (Phi) is 3.64.